The van der Waals surface area contributed by atoms with Gasteiger partial charge in [0.1, 0.15) is 11.3 Å². The van der Waals surface area contributed by atoms with Crippen LogP contribution < -0.4 is 4.90 Å². The summed E-state index contributed by atoms with van der Waals surface area (Å²) in [6, 6.07) is 66.9. The molecule has 48 heavy (non-hydrogen) atoms. The van der Waals surface area contributed by atoms with Gasteiger partial charge in [0.2, 0.25) is 0 Å². The van der Waals surface area contributed by atoms with Crippen LogP contribution in [0.15, 0.2) is 192 Å². The number of hydrogen-bond acceptors (Lipinski definition) is 2. The van der Waals surface area contributed by atoms with Crippen LogP contribution in [0.1, 0.15) is 0 Å². The van der Waals surface area contributed by atoms with Crippen molar-refractivity contribution in [1.29, 1.82) is 0 Å². The zero-order valence-electron chi connectivity index (χ0n) is 26.3. The maximum Gasteiger partial charge on any atom is 0.143 e. The Bertz CT molecular complexity index is 2570. The van der Waals surface area contributed by atoms with Gasteiger partial charge >= 0.3 is 0 Å². The van der Waals surface area contributed by atoms with E-state index in [1.165, 1.54) is 32.7 Å². The Morgan fingerprint density at radius 3 is 1.77 bits per heavy atom. The minimum Gasteiger partial charge on any atom is -0.455 e. The summed E-state index contributed by atoms with van der Waals surface area (Å²) in [5, 5.41) is 5.98. The Kier molecular flexibility index (Phi) is 6.84. The molecule has 0 spiro atoms. The highest BCUT2D eigenvalue weighted by Gasteiger charge is 2.21. The second kappa shape index (κ2) is 11.8. The van der Waals surface area contributed by atoms with Crippen molar-refractivity contribution < 1.29 is 4.42 Å². The van der Waals surface area contributed by atoms with E-state index in [9.17, 15) is 0 Å². The molecule has 0 unspecified atom stereocenters. The zero-order chi connectivity index (χ0) is 31.9. The van der Waals surface area contributed by atoms with E-state index in [0.29, 0.717) is 0 Å². The van der Waals surface area contributed by atoms with Crippen molar-refractivity contribution in [3.05, 3.63) is 188 Å². The molecule has 2 heteroatoms. The first-order valence-corrected chi connectivity index (χ1v) is 16.3. The van der Waals surface area contributed by atoms with E-state index < -0.39 is 0 Å². The van der Waals surface area contributed by atoms with E-state index in [4.69, 9.17) is 4.42 Å². The number of anilines is 3. The molecule has 226 valence electrons. The summed E-state index contributed by atoms with van der Waals surface area (Å²) in [7, 11) is 0. The molecular formula is C46H31NO. The predicted octanol–water partition coefficient (Wildman–Crippen LogP) is 13.2. The molecule has 1 heterocycles. The van der Waals surface area contributed by atoms with E-state index in [2.05, 4.69) is 187 Å². The summed E-state index contributed by atoms with van der Waals surface area (Å²) in [5.41, 5.74) is 9.77. The molecule has 0 fully saturated rings. The third-order valence-corrected chi connectivity index (χ3v) is 9.22. The lowest BCUT2D eigenvalue weighted by Gasteiger charge is -2.27. The summed E-state index contributed by atoms with van der Waals surface area (Å²) < 4.78 is 6.65. The average Bonchev–Trinajstić information content (AvgIpc) is 3.55. The monoisotopic (exact) mass is 613 g/mol. The summed E-state index contributed by atoms with van der Waals surface area (Å²) >= 11 is 0. The normalized spacial score (nSPS) is 11.3. The molecule has 1 aromatic heterocycles. The highest BCUT2D eigenvalue weighted by atomic mass is 16.3. The first-order chi connectivity index (χ1) is 23.8. The second-order valence-electron chi connectivity index (χ2n) is 12.2. The van der Waals surface area contributed by atoms with Crippen LogP contribution in [0.4, 0.5) is 17.1 Å². The Hall–Kier alpha value is -6.38. The fourth-order valence-corrected chi connectivity index (χ4v) is 6.95. The van der Waals surface area contributed by atoms with Gasteiger partial charge in [-0.3, -0.25) is 0 Å². The number of rotatable bonds is 6. The average molecular weight is 614 g/mol. The topological polar surface area (TPSA) is 16.4 Å². The quantitative estimate of drug-likeness (QED) is 0.185. The van der Waals surface area contributed by atoms with Gasteiger partial charge < -0.3 is 9.32 Å². The van der Waals surface area contributed by atoms with E-state index >= 15 is 0 Å². The molecular weight excluding hydrogens is 583 g/mol. The fourth-order valence-electron chi connectivity index (χ4n) is 6.95. The molecule has 0 aliphatic heterocycles. The Balaban J connectivity index is 1.24. The fraction of sp³-hybridized carbons (Fsp3) is 0. The van der Waals surface area contributed by atoms with Crippen molar-refractivity contribution in [3.63, 3.8) is 0 Å². The highest BCUT2D eigenvalue weighted by molar-refractivity contribution is 6.03. The molecule has 0 aliphatic carbocycles. The van der Waals surface area contributed by atoms with Gasteiger partial charge in [0.15, 0.2) is 0 Å². The maximum absolute atomic E-state index is 6.65. The highest BCUT2D eigenvalue weighted by Crippen LogP contribution is 2.44. The van der Waals surface area contributed by atoms with Crippen LogP contribution in [-0.4, -0.2) is 0 Å². The van der Waals surface area contributed by atoms with Crippen LogP contribution in [0.2, 0.25) is 0 Å². The van der Waals surface area contributed by atoms with Crippen molar-refractivity contribution >= 4 is 49.6 Å². The summed E-state index contributed by atoms with van der Waals surface area (Å²) in [5.74, 6) is 0.868. The smallest absolute Gasteiger partial charge is 0.143 e. The lowest BCUT2D eigenvalue weighted by Crippen LogP contribution is -2.10. The van der Waals surface area contributed by atoms with Crippen molar-refractivity contribution in [1.82, 2.24) is 0 Å². The van der Waals surface area contributed by atoms with Gasteiger partial charge in [-0.05, 0) is 75.3 Å². The number of hydrogen-bond donors (Lipinski definition) is 0. The van der Waals surface area contributed by atoms with Crippen LogP contribution in [0.5, 0.6) is 0 Å². The van der Waals surface area contributed by atoms with Gasteiger partial charge in [-0.25, -0.2) is 0 Å². The van der Waals surface area contributed by atoms with E-state index in [0.717, 1.165) is 50.5 Å². The Morgan fingerprint density at radius 2 is 0.938 bits per heavy atom. The molecule has 9 rings (SSSR count). The van der Waals surface area contributed by atoms with Gasteiger partial charge in [0, 0.05) is 33.3 Å². The number of furan rings is 1. The van der Waals surface area contributed by atoms with Crippen LogP contribution in [0.25, 0.3) is 66.1 Å². The molecule has 0 bridgehead atoms. The minimum absolute atomic E-state index is 0.868. The molecule has 0 atom stereocenters. The van der Waals surface area contributed by atoms with Gasteiger partial charge in [-0.2, -0.15) is 0 Å². The van der Waals surface area contributed by atoms with Crippen molar-refractivity contribution in [2.24, 2.45) is 0 Å². The summed E-state index contributed by atoms with van der Waals surface area (Å²) in [6.07, 6.45) is 0. The first-order valence-electron chi connectivity index (χ1n) is 16.3. The number of benzene rings is 8. The van der Waals surface area contributed by atoms with E-state index in [1.807, 2.05) is 6.07 Å². The molecule has 9 aromatic rings. The van der Waals surface area contributed by atoms with Crippen LogP contribution >= 0.6 is 0 Å². The summed E-state index contributed by atoms with van der Waals surface area (Å²) in [6.45, 7) is 0. The Labute approximate surface area is 279 Å². The molecule has 0 amide bonds. The van der Waals surface area contributed by atoms with Crippen molar-refractivity contribution in [2.75, 3.05) is 4.90 Å². The Morgan fingerprint density at radius 1 is 0.354 bits per heavy atom. The van der Waals surface area contributed by atoms with Gasteiger partial charge in [0.05, 0.1) is 5.69 Å². The lowest BCUT2D eigenvalue weighted by atomic mass is 9.98. The standard InChI is InChI=1S/C46H31NO/c1-2-15-34(16-3-1)45-42-24-8-9-26-44(42)48-46(45)38-20-11-22-40(31-38)47(43-25-12-18-33-14-6-7-23-41(33)43)39-21-10-19-36(30-39)37-28-27-32-13-4-5-17-35(32)29-37/h1-31H. The first kappa shape index (κ1) is 27.9. The van der Waals surface area contributed by atoms with Crippen molar-refractivity contribution in [3.8, 4) is 33.6 Å². The zero-order valence-corrected chi connectivity index (χ0v) is 26.3. The van der Waals surface area contributed by atoms with Gasteiger partial charge in [0.25, 0.3) is 0 Å². The maximum atomic E-state index is 6.65. The van der Waals surface area contributed by atoms with Gasteiger partial charge in [-0.15, -0.1) is 0 Å². The third-order valence-electron chi connectivity index (χ3n) is 9.22. The van der Waals surface area contributed by atoms with E-state index in [1.54, 1.807) is 0 Å². The predicted molar refractivity (Wildman–Crippen MR) is 202 cm³/mol. The van der Waals surface area contributed by atoms with Crippen molar-refractivity contribution in [2.45, 2.75) is 0 Å². The molecule has 0 N–H and O–H groups in total. The summed E-state index contributed by atoms with van der Waals surface area (Å²) in [4.78, 5) is 2.38. The van der Waals surface area contributed by atoms with Gasteiger partial charge in [-0.1, -0.05) is 146 Å². The van der Waals surface area contributed by atoms with Crippen LogP contribution in [0, 0.1) is 0 Å². The molecule has 0 saturated carbocycles. The lowest BCUT2D eigenvalue weighted by molar-refractivity contribution is 0.632. The molecule has 0 radical (unpaired) electrons. The molecule has 0 aliphatic rings. The second-order valence-corrected chi connectivity index (χ2v) is 12.2. The third kappa shape index (κ3) is 4.92. The van der Waals surface area contributed by atoms with Crippen LogP contribution in [0.3, 0.4) is 0 Å². The molecule has 0 saturated heterocycles. The largest absolute Gasteiger partial charge is 0.455 e. The SMILES string of the molecule is c1ccc(-c2c(-c3cccc(N(c4cccc(-c5ccc6ccccc6c5)c4)c4cccc5ccccc45)c3)oc3ccccc23)cc1. The van der Waals surface area contributed by atoms with E-state index in [-0.39, 0.29) is 0 Å². The minimum atomic E-state index is 0.868. The number of fused-ring (bicyclic) bond motifs is 3. The number of para-hydroxylation sites is 1. The van der Waals surface area contributed by atoms with Crippen LogP contribution in [-0.2, 0) is 0 Å². The molecule has 8 aromatic carbocycles. The molecule has 2 nitrogen and oxygen atoms in total. The number of nitrogens with zero attached hydrogens (tertiary/aromatic N) is 1.